The molecule has 130 valence electrons. The zero-order valence-electron chi connectivity index (χ0n) is 14.0. The van der Waals surface area contributed by atoms with Crippen molar-refractivity contribution in [2.75, 3.05) is 38.0 Å². The molecule has 1 aromatic carbocycles. The second-order valence-electron chi connectivity index (χ2n) is 5.55. The summed E-state index contributed by atoms with van der Waals surface area (Å²) < 4.78 is 0. The molecule has 3 N–H and O–H groups in total. The van der Waals surface area contributed by atoms with Crippen LogP contribution in [0.25, 0.3) is 0 Å². The minimum absolute atomic E-state index is 0.0118. The Morgan fingerprint density at radius 1 is 1.12 bits per heavy atom. The highest BCUT2D eigenvalue weighted by Crippen LogP contribution is 2.06. The number of rotatable bonds is 6. The molecule has 2 amide bonds. The molecule has 24 heavy (non-hydrogen) atoms. The number of benzene rings is 1. The maximum Gasteiger partial charge on any atom is 0.246 e. The second-order valence-corrected chi connectivity index (χ2v) is 5.55. The monoisotopic (exact) mass is 331 g/mol. The molecule has 0 saturated carbocycles. The molecule has 2 rings (SSSR count). The summed E-state index contributed by atoms with van der Waals surface area (Å²) in [6.45, 7) is 4.42. The van der Waals surface area contributed by atoms with E-state index >= 15 is 0 Å². The van der Waals surface area contributed by atoms with E-state index in [1.54, 1.807) is 0 Å². The smallest absolute Gasteiger partial charge is 0.246 e. The number of carbonyl (C=O) groups is 2. The highest BCUT2D eigenvalue weighted by Gasteiger charge is 2.17. The van der Waals surface area contributed by atoms with Crippen LogP contribution in [0.15, 0.2) is 35.3 Å². The fourth-order valence-electron chi connectivity index (χ4n) is 2.45. The number of nitrogens with one attached hydrogen (secondary N) is 3. The van der Waals surface area contributed by atoms with Gasteiger partial charge in [0.2, 0.25) is 11.8 Å². The molecule has 7 nitrogen and oxygen atoms in total. The van der Waals surface area contributed by atoms with Gasteiger partial charge in [0.15, 0.2) is 5.96 Å². The average molecular weight is 331 g/mol. The third kappa shape index (κ3) is 5.91. The average Bonchev–Trinajstić information content (AvgIpc) is 3.12. The molecule has 1 fully saturated rings. The molecule has 0 unspecified atom stereocenters. The van der Waals surface area contributed by atoms with Crippen LogP contribution < -0.4 is 16.0 Å². The first kappa shape index (κ1) is 17.8. The minimum Gasteiger partial charge on any atom is -0.357 e. The first-order valence-electron chi connectivity index (χ1n) is 8.34. The van der Waals surface area contributed by atoms with E-state index in [1.165, 1.54) is 0 Å². The fourth-order valence-corrected chi connectivity index (χ4v) is 2.45. The van der Waals surface area contributed by atoms with Gasteiger partial charge in [-0.15, -0.1) is 0 Å². The standard InChI is InChI=1S/C17H25N5O2/c1-2-18-17(20-13-16(24)22-10-6-7-11-22)19-12-15(23)21-14-8-4-3-5-9-14/h3-5,8-9H,2,6-7,10-13H2,1H3,(H,21,23)(H2,18,19,20). The predicted octanol–water partition coefficient (Wildman–Crippen LogP) is 0.803. The Kier molecular flexibility index (Phi) is 7.07. The number of aliphatic imine (C=N–C) groups is 1. The van der Waals surface area contributed by atoms with Gasteiger partial charge in [-0.3, -0.25) is 9.59 Å². The first-order valence-corrected chi connectivity index (χ1v) is 8.34. The summed E-state index contributed by atoms with van der Waals surface area (Å²) in [5.74, 6) is 0.323. The lowest BCUT2D eigenvalue weighted by Gasteiger charge is -2.17. The molecule has 0 bridgehead atoms. The number of amides is 2. The molecule has 0 spiro atoms. The van der Waals surface area contributed by atoms with Crippen LogP contribution in [0.3, 0.4) is 0 Å². The number of carbonyl (C=O) groups excluding carboxylic acids is 2. The zero-order chi connectivity index (χ0) is 17.2. The van der Waals surface area contributed by atoms with Crippen LogP contribution in [0.4, 0.5) is 5.69 Å². The van der Waals surface area contributed by atoms with Gasteiger partial charge in [0.1, 0.15) is 6.54 Å². The summed E-state index contributed by atoms with van der Waals surface area (Å²) >= 11 is 0. The van der Waals surface area contributed by atoms with E-state index < -0.39 is 0 Å². The van der Waals surface area contributed by atoms with Gasteiger partial charge in [-0.25, -0.2) is 4.99 Å². The van der Waals surface area contributed by atoms with Crippen LogP contribution in [0.5, 0.6) is 0 Å². The lowest BCUT2D eigenvalue weighted by atomic mass is 10.3. The number of likely N-dealkylation sites (tertiary alicyclic amines) is 1. The summed E-state index contributed by atoms with van der Waals surface area (Å²) in [6.07, 6.45) is 2.14. The third-order valence-corrected chi connectivity index (χ3v) is 3.65. The van der Waals surface area contributed by atoms with Gasteiger partial charge in [-0.2, -0.15) is 0 Å². The number of para-hydroxylation sites is 1. The number of nitrogens with zero attached hydrogens (tertiary/aromatic N) is 2. The van der Waals surface area contributed by atoms with Gasteiger partial charge >= 0.3 is 0 Å². The van der Waals surface area contributed by atoms with E-state index in [2.05, 4.69) is 20.9 Å². The summed E-state index contributed by atoms with van der Waals surface area (Å²) in [4.78, 5) is 30.0. The largest absolute Gasteiger partial charge is 0.357 e. The Morgan fingerprint density at radius 2 is 1.83 bits per heavy atom. The Hall–Kier alpha value is -2.57. The molecular formula is C17H25N5O2. The summed E-state index contributed by atoms with van der Waals surface area (Å²) in [6, 6.07) is 9.24. The van der Waals surface area contributed by atoms with Crippen molar-refractivity contribution in [1.82, 2.24) is 15.5 Å². The van der Waals surface area contributed by atoms with Crippen LogP contribution in [0, 0.1) is 0 Å². The van der Waals surface area contributed by atoms with Gasteiger partial charge in [0.05, 0.1) is 6.54 Å². The number of guanidine groups is 1. The van der Waals surface area contributed by atoms with Gasteiger partial charge in [0, 0.05) is 25.3 Å². The van der Waals surface area contributed by atoms with Gasteiger partial charge < -0.3 is 20.9 Å². The maximum atomic E-state index is 12.0. The third-order valence-electron chi connectivity index (χ3n) is 3.65. The fraction of sp³-hybridized carbons (Fsp3) is 0.471. The molecule has 0 atom stereocenters. The van der Waals surface area contributed by atoms with Crippen LogP contribution >= 0.6 is 0 Å². The predicted molar refractivity (Wildman–Crippen MR) is 94.9 cm³/mol. The SMILES string of the molecule is CCNC(=NCC(=O)Nc1ccccc1)NCC(=O)N1CCCC1. The van der Waals surface area contributed by atoms with E-state index in [1.807, 2.05) is 42.2 Å². The van der Waals surface area contributed by atoms with E-state index in [-0.39, 0.29) is 24.9 Å². The van der Waals surface area contributed by atoms with Crippen LogP contribution in [-0.4, -0.2) is 55.4 Å². The number of anilines is 1. The molecule has 0 radical (unpaired) electrons. The van der Waals surface area contributed by atoms with Gasteiger partial charge in [-0.1, -0.05) is 18.2 Å². The molecule has 1 heterocycles. The summed E-state index contributed by atoms with van der Waals surface area (Å²) in [7, 11) is 0. The van der Waals surface area contributed by atoms with Crippen molar-refractivity contribution in [3.05, 3.63) is 30.3 Å². The van der Waals surface area contributed by atoms with Crippen LogP contribution in [0.2, 0.25) is 0 Å². The maximum absolute atomic E-state index is 12.0. The Morgan fingerprint density at radius 3 is 2.50 bits per heavy atom. The second kappa shape index (κ2) is 9.54. The molecule has 1 saturated heterocycles. The minimum atomic E-state index is -0.204. The van der Waals surface area contributed by atoms with E-state index in [4.69, 9.17) is 0 Å². The molecule has 1 aliphatic rings. The lowest BCUT2D eigenvalue weighted by molar-refractivity contribution is -0.128. The summed E-state index contributed by atoms with van der Waals surface area (Å²) in [5.41, 5.74) is 0.736. The van der Waals surface area contributed by atoms with E-state index in [0.29, 0.717) is 12.5 Å². The number of hydrogen-bond donors (Lipinski definition) is 3. The molecule has 0 aromatic heterocycles. The highest BCUT2D eigenvalue weighted by atomic mass is 16.2. The van der Waals surface area contributed by atoms with Crippen LogP contribution in [-0.2, 0) is 9.59 Å². The quantitative estimate of drug-likeness (QED) is 0.532. The topological polar surface area (TPSA) is 85.8 Å². The van der Waals surface area contributed by atoms with Crippen LogP contribution in [0.1, 0.15) is 19.8 Å². The van der Waals surface area contributed by atoms with E-state index in [0.717, 1.165) is 31.6 Å². The van der Waals surface area contributed by atoms with Crippen molar-refractivity contribution in [2.24, 2.45) is 4.99 Å². The lowest BCUT2D eigenvalue weighted by Crippen LogP contribution is -2.44. The summed E-state index contributed by atoms with van der Waals surface area (Å²) in [5, 5.41) is 8.79. The Labute approximate surface area is 142 Å². The van der Waals surface area contributed by atoms with Crippen molar-refractivity contribution < 1.29 is 9.59 Å². The van der Waals surface area contributed by atoms with Crippen molar-refractivity contribution in [1.29, 1.82) is 0 Å². The van der Waals surface area contributed by atoms with E-state index in [9.17, 15) is 9.59 Å². The van der Waals surface area contributed by atoms with Crippen molar-refractivity contribution >= 4 is 23.5 Å². The van der Waals surface area contributed by atoms with Gasteiger partial charge in [0.25, 0.3) is 0 Å². The highest BCUT2D eigenvalue weighted by molar-refractivity contribution is 5.94. The molecule has 7 heteroatoms. The van der Waals surface area contributed by atoms with Crippen molar-refractivity contribution in [3.8, 4) is 0 Å². The Balaban J connectivity index is 1.80. The molecule has 0 aliphatic carbocycles. The molecule has 1 aromatic rings. The zero-order valence-corrected chi connectivity index (χ0v) is 14.0. The Bertz CT molecular complexity index is 568. The first-order chi connectivity index (χ1) is 11.7. The van der Waals surface area contributed by atoms with Gasteiger partial charge in [-0.05, 0) is 31.9 Å². The molecular weight excluding hydrogens is 306 g/mol. The van der Waals surface area contributed by atoms with Crippen molar-refractivity contribution in [2.45, 2.75) is 19.8 Å². The van der Waals surface area contributed by atoms with Crippen molar-refractivity contribution in [3.63, 3.8) is 0 Å². The number of hydrogen-bond acceptors (Lipinski definition) is 3. The molecule has 1 aliphatic heterocycles. The normalized spacial score (nSPS) is 14.4.